The summed E-state index contributed by atoms with van der Waals surface area (Å²) in [5.74, 6) is -1.37. The Morgan fingerprint density at radius 3 is 3.00 bits per heavy atom. The van der Waals surface area contributed by atoms with Crippen LogP contribution in [0.25, 0.3) is 0 Å². The number of pyridine rings is 1. The van der Waals surface area contributed by atoms with E-state index in [0.29, 0.717) is 12.1 Å². The van der Waals surface area contributed by atoms with Crippen LogP contribution in [0.5, 0.6) is 0 Å². The molecule has 1 saturated heterocycles. The van der Waals surface area contributed by atoms with E-state index in [-0.39, 0.29) is 18.8 Å². The Labute approximate surface area is 111 Å². The quantitative estimate of drug-likeness (QED) is 0.756. The van der Waals surface area contributed by atoms with Gasteiger partial charge in [0.25, 0.3) is 0 Å². The first-order chi connectivity index (χ1) is 9.00. The molecule has 1 aromatic heterocycles. The standard InChI is InChI=1S/C11H15N3O4S/c15-11(16)10-7-13-4-5-14(10)19(17,18)8-9-2-1-3-12-6-9/h1-3,6,10,13H,4-5,7-8H2,(H,15,16)/t10-/m0/s1. The zero-order valence-corrected chi connectivity index (χ0v) is 11.0. The predicted molar refractivity (Wildman–Crippen MR) is 67.9 cm³/mol. The summed E-state index contributed by atoms with van der Waals surface area (Å²) in [6.45, 7) is 0.747. The van der Waals surface area contributed by atoms with Crippen LogP contribution in [0.1, 0.15) is 5.56 Å². The van der Waals surface area contributed by atoms with Gasteiger partial charge in [-0.2, -0.15) is 4.31 Å². The fourth-order valence-electron chi connectivity index (χ4n) is 2.01. The fraction of sp³-hybridized carbons (Fsp3) is 0.455. The van der Waals surface area contributed by atoms with E-state index in [0.717, 1.165) is 4.31 Å². The summed E-state index contributed by atoms with van der Waals surface area (Å²) in [5.41, 5.74) is 0.546. The molecule has 0 saturated carbocycles. The highest BCUT2D eigenvalue weighted by Gasteiger charge is 2.36. The highest BCUT2D eigenvalue weighted by Crippen LogP contribution is 2.15. The van der Waals surface area contributed by atoms with E-state index in [1.807, 2.05) is 0 Å². The highest BCUT2D eigenvalue weighted by atomic mass is 32.2. The SMILES string of the molecule is O=C(O)[C@@H]1CNCCN1S(=O)(=O)Cc1cccnc1. The third-order valence-corrected chi connectivity index (χ3v) is 4.76. The largest absolute Gasteiger partial charge is 0.480 e. The van der Waals surface area contributed by atoms with Crippen LogP contribution in [0.4, 0.5) is 0 Å². The monoisotopic (exact) mass is 285 g/mol. The Hall–Kier alpha value is -1.51. The van der Waals surface area contributed by atoms with Crippen molar-refractivity contribution in [2.45, 2.75) is 11.8 Å². The number of carboxylic acid groups (broad SMARTS) is 1. The summed E-state index contributed by atoms with van der Waals surface area (Å²) >= 11 is 0. The van der Waals surface area contributed by atoms with Gasteiger partial charge in [0.1, 0.15) is 6.04 Å². The molecule has 0 aromatic carbocycles. The van der Waals surface area contributed by atoms with E-state index < -0.39 is 22.0 Å². The van der Waals surface area contributed by atoms with Crippen LogP contribution in [-0.4, -0.2) is 54.5 Å². The first-order valence-corrected chi connectivity index (χ1v) is 7.43. The van der Waals surface area contributed by atoms with Gasteiger partial charge in [-0.3, -0.25) is 9.78 Å². The second-order valence-corrected chi connectivity index (χ2v) is 6.21. The second-order valence-electron chi connectivity index (χ2n) is 4.29. The summed E-state index contributed by atoms with van der Waals surface area (Å²) in [6.07, 6.45) is 3.02. The Morgan fingerprint density at radius 2 is 2.37 bits per heavy atom. The van der Waals surface area contributed by atoms with Gasteiger partial charge in [-0.05, 0) is 11.6 Å². The van der Waals surface area contributed by atoms with Gasteiger partial charge in [0, 0.05) is 32.0 Å². The molecule has 104 valence electrons. The molecule has 0 spiro atoms. The molecule has 1 aliphatic rings. The van der Waals surface area contributed by atoms with Crippen molar-refractivity contribution >= 4 is 16.0 Å². The first-order valence-electron chi connectivity index (χ1n) is 5.82. The van der Waals surface area contributed by atoms with Crippen LogP contribution in [0, 0.1) is 0 Å². The summed E-state index contributed by atoms with van der Waals surface area (Å²) in [4.78, 5) is 15.0. The number of sulfonamides is 1. The maximum atomic E-state index is 12.3. The summed E-state index contributed by atoms with van der Waals surface area (Å²) in [5, 5.41) is 12.0. The van der Waals surface area contributed by atoms with Crippen LogP contribution in [0.2, 0.25) is 0 Å². The van der Waals surface area contributed by atoms with Crippen LogP contribution >= 0.6 is 0 Å². The molecule has 2 N–H and O–H groups in total. The Morgan fingerprint density at radius 1 is 1.58 bits per heavy atom. The van der Waals surface area contributed by atoms with Gasteiger partial charge in [-0.15, -0.1) is 0 Å². The van der Waals surface area contributed by atoms with Crippen LogP contribution in [0.15, 0.2) is 24.5 Å². The molecule has 0 amide bonds. The van der Waals surface area contributed by atoms with Gasteiger partial charge in [0.05, 0.1) is 5.75 Å². The smallest absolute Gasteiger partial charge is 0.323 e. The molecule has 1 atom stereocenters. The van der Waals surface area contributed by atoms with Gasteiger partial charge in [-0.25, -0.2) is 8.42 Å². The molecule has 19 heavy (non-hydrogen) atoms. The Bertz CT molecular complexity index is 546. The number of carbonyl (C=O) groups is 1. The van der Waals surface area contributed by atoms with E-state index >= 15 is 0 Å². The lowest BCUT2D eigenvalue weighted by Crippen LogP contribution is -2.57. The van der Waals surface area contributed by atoms with Gasteiger partial charge >= 0.3 is 5.97 Å². The van der Waals surface area contributed by atoms with Gasteiger partial charge < -0.3 is 10.4 Å². The van der Waals surface area contributed by atoms with E-state index in [9.17, 15) is 13.2 Å². The average Bonchev–Trinajstić information content (AvgIpc) is 2.39. The summed E-state index contributed by atoms with van der Waals surface area (Å²) in [7, 11) is -3.66. The number of hydrogen-bond acceptors (Lipinski definition) is 5. The third kappa shape index (κ3) is 3.28. The molecule has 0 unspecified atom stereocenters. The number of aromatic nitrogens is 1. The van der Waals surface area contributed by atoms with Gasteiger partial charge in [0.2, 0.25) is 10.0 Å². The van der Waals surface area contributed by atoms with Crippen molar-refractivity contribution in [1.29, 1.82) is 0 Å². The van der Waals surface area contributed by atoms with Gasteiger partial charge in [-0.1, -0.05) is 6.07 Å². The van der Waals surface area contributed by atoms with Crippen molar-refractivity contribution in [3.8, 4) is 0 Å². The molecule has 2 heterocycles. The second kappa shape index (κ2) is 5.64. The topological polar surface area (TPSA) is 99.6 Å². The zero-order valence-electron chi connectivity index (χ0n) is 10.2. The van der Waals surface area contributed by atoms with Crippen molar-refractivity contribution in [2.75, 3.05) is 19.6 Å². The number of aliphatic carboxylic acids is 1. The number of rotatable bonds is 4. The minimum absolute atomic E-state index is 0.127. The number of hydrogen-bond donors (Lipinski definition) is 2. The fourth-order valence-corrected chi connectivity index (χ4v) is 3.69. The lowest BCUT2D eigenvalue weighted by Gasteiger charge is -2.32. The van der Waals surface area contributed by atoms with Gasteiger partial charge in [0.15, 0.2) is 0 Å². The lowest BCUT2D eigenvalue weighted by atomic mass is 10.2. The molecule has 1 aromatic rings. The maximum Gasteiger partial charge on any atom is 0.323 e. The van der Waals surface area contributed by atoms with E-state index in [2.05, 4.69) is 10.3 Å². The molecule has 8 heteroatoms. The molecule has 0 radical (unpaired) electrons. The number of carboxylic acids is 1. The molecule has 1 aliphatic heterocycles. The molecule has 0 bridgehead atoms. The average molecular weight is 285 g/mol. The Kier molecular flexibility index (Phi) is 4.13. The minimum Gasteiger partial charge on any atom is -0.480 e. The number of nitrogens with zero attached hydrogens (tertiary/aromatic N) is 2. The molecule has 2 rings (SSSR count). The molecule has 7 nitrogen and oxygen atoms in total. The predicted octanol–water partition coefficient (Wildman–Crippen LogP) is -0.730. The van der Waals surface area contributed by atoms with Crippen molar-refractivity contribution in [2.24, 2.45) is 0 Å². The van der Waals surface area contributed by atoms with Crippen molar-refractivity contribution < 1.29 is 18.3 Å². The van der Waals surface area contributed by atoms with E-state index in [1.54, 1.807) is 18.3 Å². The van der Waals surface area contributed by atoms with E-state index in [4.69, 9.17) is 5.11 Å². The lowest BCUT2D eigenvalue weighted by molar-refractivity contribution is -0.141. The number of piperazine rings is 1. The van der Waals surface area contributed by atoms with Crippen molar-refractivity contribution in [1.82, 2.24) is 14.6 Å². The summed E-state index contributed by atoms with van der Waals surface area (Å²) in [6, 6.07) is 2.26. The maximum absolute atomic E-state index is 12.3. The van der Waals surface area contributed by atoms with Crippen molar-refractivity contribution in [3.05, 3.63) is 30.1 Å². The normalized spacial score (nSPS) is 21.2. The molecule has 1 fully saturated rings. The highest BCUT2D eigenvalue weighted by molar-refractivity contribution is 7.88. The molecular weight excluding hydrogens is 270 g/mol. The minimum atomic E-state index is -3.66. The first kappa shape index (κ1) is 13.9. The zero-order chi connectivity index (χ0) is 13.9. The molecular formula is C11H15N3O4S. The van der Waals surface area contributed by atoms with E-state index in [1.165, 1.54) is 6.20 Å². The van der Waals surface area contributed by atoms with Crippen LogP contribution in [-0.2, 0) is 20.6 Å². The van der Waals surface area contributed by atoms with Crippen molar-refractivity contribution in [3.63, 3.8) is 0 Å². The number of nitrogens with one attached hydrogen (secondary N) is 1. The third-order valence-electron chi connectivity index (χ3n) is 2.91. The Balaban J connectivity index is 2.20. The summed E-state index contributed by atoms with van der Waals surface area (Å²) < 4.78 is 25.6. The van der Waals surface area contributed by atoms with Crippen LogP contribution in [0.3, 0.4) is 0 Å². The molecule has 0 aliphatic carbocycles. The van der Waals surface area contributed by atoms with Crippen LogP contribution < -0.4 is 5.32 Å².